The molecule has 0 radical (unpaired) electrons. The number of ketones is 2. The number of esters is 1. The van der Waals surface area contributed by atoms with E-state index < -0.39 is 77.8 Å². The summed E-state index contributed by atoms with van der Waals surface area (Å²) in [7, 11) is 4.84. The summed E-state index contributed by atoms with van der Waals surface area (Å²) in [4.78, 5) is 58.5. The van der Waals surface area contributed by atoms with Gasteiger partial charge in [0, 0.05) is 58.0 Å². The number of fused-ring (bicyclic) bond motifs is 4. The van der Waals surface area contributed by atoms with Crippen molar-refractivity contribution in [3.8, 4) is 0 Å². The van der Waals surface area contributed by atoms with Gasteiger partial charge in [-0.25, -0.2) is 4.79 Å². The third kappa shape index (κ3) is 11.5. The number of nitrogens with zero attached hydrogens (tertiary/aromatic N) is 1. The third-order valence-electron chi connectivity index (χ3n) is 15.1. The Kier molecular flexibility index (Phi) is 17.4. The summed E-state index contributed by atoms with van der Waals surface area (Å²) >= 11 is 0. The molecule has 14 unspecified atom stereocenters. The number of methoxy groups -OCH3 is 3. The number of hydrogen-bond donors (Lipinski definition) is 2. The fraction of sp³-hybridized carbons (Fsp3) is 0.660. The lowest BCUT2D eigenvalue weighted by molar-refractivity contribution is -0.302. The number of cyclic esters (lactones) is 1. The van der Waals surface area contributed by atoms with Crippen molar-refractivity contribution in [1.29, 1.82) is 0 Å². The standard InChI is InChI=1S/C53H75NO11/c1-10-37-24-31(2)23-32(3)25-46(62-8)49-47(63-9)27-34(5)53(60,65-49)50(57)51(58)54-22-14-13-17-42(54)52(59)64-48(35(6)43(55)30-44(37)56)33(4)26-36-18-21-41(45(28-36)61-7)40-20-19-38-15-11-12-16-39(38)29-40/h11-12,15-16,19-20,24,26,29,32,34-37,41-43,45-49,55,60H,10,13-14,17-18,21-23,25,27-28,30H2,1-9H3/b31-24+,33-26?. The average Bonchev–Trinajstić information content (AvgIpc) is 3.30. The minimum Gasteiger partial charge on any atom is -0.456 e. The highest BCUT2D eigenvalue weighted by Crippen LogP contribution is 2.41. The Morgan fingerprint density at radius 1 is 0.877 bits per heavy atom. The molecule has 12 nitrogen and oxygen atoms in total. The molecule has 358 valence electrons. The molecule has 2 N–H and O–H groups in total. The number of hydrogen-bond acceptors (Lipinski definition) is 11. The summed E-state index contributed by atoms with van der Waals surface area (Å²) in [6.45, 7) is 11.5. The quantitative estimate of drug-likeness (QED) is 0.157. The molecule has 65 heavy (non-hydrogen) atoms. The Labute approximate surface area is 386 Å². The number of carbonyl (C=O) groups is 4. The fourth-order valence-corrected chi connectivity index (χ4v) is 11.2. The van der Waals surface area contributed by atoms with Crippen molar-refractivity contribution in [2.75, 3.05) is 27.9 Å². The Morgan fingerprint density at radius 2 is 1.57 bits per heavy atom. The SMILES string of the molecule is CCC1/C=C(\C)CC(C)CC(OC)C2OC(O)(C(=O)C(=O)N3CCCCC3C(=O)OC(C(C)=CC3CCC(c4ccc5ccccc5c4)C(OC)C3)C(C)C(O)CC1=O)C(C)CC2OC. The Hall–Kier alpha value is -3.78. The van der Waals surface area contributed by atoms with Crippen molar-refractivity contribution < 1.29 is 53.1 Å². The molecule has 1 saturated carbocycles. The number of rotatable bonds is 7. The van der Waals surface area contributed by atoms with Crippen LogP contribution in [0.5, 0.6) is 0 Å². The van der Waals surface area contributed by atoms with E-state index in [0.29, 0.717) is 32.1 Å². The summed E-state index contributed by atoms with van der Waals surface area (Å²) < 4.78 is 30.6. The number of piperidine rings is 1. The van der Waals surface area contributed by atoms with Gasteiger partial charge in [0.2, 0.25) is 5.79 Å². The first kappa shape index (κ1) is 50.6. The summed E-state index contributed by atoms with van der Waals surface area (Å²) in [5.74, 6) is -7.12. The number of aliphatic hydroxyl groups is 2. The zero-order valence-electron chi connectivity index (χ0n) is 40.2. The molecule has 1 amide bonds. The van der Waals surface area contributed by atoms with Crippen LogP contribution in [0.25, 0.3) is 10.8 Å². The molecule has 4 aliphatic rings. The number of ether oxygens (including phenoxy) is 5. The van der Waals surface area contributed by atoms with Crippen molar-refractivity contribution in [3.05, 3.63) is 71.3 Å². The van der Waals surface area contributed by atoms with Gasteiger partial charge in [-0.05, 0) is 112 Å². The van der Waals surface area contributed by atoms with E-state index in [0.717, 1.165) is 30.4 Å². The molecule has 3 heterocycles. The minimum absolute atomic E-state index is 0.0371. The summed E-state index contributed by atoms with van der Waals surface area (Å²) in [6, 6.07) is 13.8. The molecule has 0 spiro atoms. The molecule has 2 aromatic rings. The number of allylic oxidation sites excluding steroid dienone is 3. The van der Waals surface area contributed by atoms with Crippen LogP contribution in [-0.2, 0) is 42.9 Å². The van der Waals surface area contributed by atoms with E-state index in [1.807, 2.05) is 39.0 Å². The van der Waals surface area contributed by atoms with Crippen LogP contribution in [0.15, 0.2) is 65.8 Å². The lowest BCUT2D eigenvalue weighted by atomic mass is 9.75. The molecule has 3 fully saturated rings. The lowest BCUT2D eigenvalue weighted by Crippen LogP contribution is -2.64. The normalized spacial score (nSPS) is 37.5. The van der Waals surface area contributed by atoms with Gasteiger partial charge in [0.25, 0.3) is 11.7 Å². The second-order valence-corrected chi connectivity index (χ2v) is 19.8. The lowest BCUT2D eigenvalue weighted by Gasteiger charge is -2.47. The predicted molar refractivity (Wildman–Crippen MR) is 249 cm³/mol. The highest BCUT2D eigenvalue weighted by atomic mass is 16.7. The van der Waals surface area contributed by atoms with E-state index in [1.165, 1.54) is 21.2 Å². The number of benzene rings is 2. The number of Topliss-reactive ketones (excluding diaryl/α,β-unsaturated/α-hetero) is 2. The number of carbonyl (C=O) groups excluding carboxylic acids is 4. The molecule has 3 aliphatic heterocycles. The zero-order valence-corrected chi connectivity index (χ0v) is 40.2. The maximum atomic E-state index is 14.6. The van der Waals surface area contributed by atoms with Crippen LogP contribution in [0.1, 0.15) is 124 Å². The van der Waals surface area contributed by atoms with Gasteiger partial charge in [-0.2, -0.15) is 0 Å². The van der Waals surface area contributed by atoms with Crippen molar-refractivity contribution in [2.45, 2.75) is 167 Å². The summed E-state index contributed by atoms with van der Waals surface area (Å²) in [6.07, 6.45) is 5.55. The van der Waals surface area contributed by atoms with Crippen LogP contribution in [0.3, 0.4) is 0 Å². The Bertz CT molecular complexity index is 2050. The molecule has 2 saturated heterocycles. The minimum atomic E-state index is -2.50. The van der Waals surface area contributed by atoms with Gasteiger partial charge in [-0.15, -0.1) is 0 Å². The van der Waals surface area contributed by atoms with E-state index in [2.05, 4.69) is 43.3 Å². The van der Waals surface area contributed by atoms with Gasteiger partial charge < -0.3 is 38.8 Å². The van der Waals surface area contributed by atoms with Crippen molar-refractivity contribution >= 4 is 34.2 Å². The smallest absolute Gasteiger partial charge is 0.329 e. The van der Waals surface area contributed by atoms with Crippen LogP contribution in [0.4, 0.5) is 0 Å². The maximum Gasteiger partial charge on any atom is 0.329 e. The van der Waals surface area contributed by atoms with Crippen LogP contribution in [-0.4, -0.2) is 115 Å². The molecule has 0 aromatic heterocycles. The average molecular weight is 902 g/mol. The van der Waals surface area contributed by atoms with Crippen LogP contribution < -0.4 is 0 Å². The molecular formula is C53H75NO11. The van der Waals surface area contributed by atoms with E-state index >= 15 is 0 Å². The van der Waals surface area contributed by atoms with Gasteiger partial charge in [-0.1, -0.05) is 87.9 Å². The molecular weight excluding hydrogens is 827 g/mol. The zero-order chi connectivity index (χ0) is 47.2. The highest BCUT2D eigenvalue weighted by Gasteiger charge is 2.56. The maximum absolute atomic E-state index is 14.6. The largest absolute Gasteiger partial charge is 0.456 e. The monoisotopic (exact) mass is 902 g/mol. The van der Waals surface area contributed by atoms with Crippen LogP contribution in [0, 0.1) is 29.6 Å². The molecule has 2 bridgehead atoms. The first-order valence-electron chi connectivity index (χ1n) is 24.1. The first-order chi connectivity index (χ1) is 31.0. The van der Waals surface area contributed by atoms with Crippen molar-refractivity contribution in [3.63, 3.8) is 0 Å². The van der Waals surface area contributed by atoms with E-state index in [-0.39, 0.29) is 55.4 Å². The molecule has 14 atom stereocenters. The predicted octanol–water partition coefficient (Wildman–Crippen LogP) is 8.05. The first-order valence-corrected chi connectivity index (χ1v) is 24.1. The van der Waals surface area contributed by atoms with Gasteiger partial charge in [-0.3, -0.25) is 14.4 Å². The summed E-state index contributed by atoms with van der Waals surface area (Å²) in [5, 5.41) is 26.4. The number of aliphatic hydroxyl groups excluding tert-OH is 1. The third-order valence-corrected chi connectivity index (χ3v) is 15.1. The summed E-state index contributed by atoms with van der Waals surface area (Å²) in [5.41, 5.74) is 2.97. The van der Waals surface area contributed by atoms with Gasteiger partial charge in [0.1, 0.15) is 24.0 Å². The second-order valence-electron chi connectivity index (χ2n) is 19.8. The number of amides is 1. The van der Waals surface area contributed by atoms with Gasteiger partial charge in [0.05, 0.1) is 24.4 Å². The van der Waals surface area contributed by atoms with Crippen LogP contribution in [0.2, 0.25) is 0 Å². The second kappa shape index (κ2) is 22.3. The van der Waals surface area contributed by atoms with Crippen molar-refractivity contribution in [2.24, 2.45) is 29.6 Å². The van der Waals surface area contributed by atoms with E-state index in [1.54, 1.807) is 35.2 Å². The van der Waals surface area contributed by atoms with Crippen molar-refractivity contribution in [1.82, 2.24) is 4.90 Å². The molecule has 12 heteroatoms. The highest BCUT2D eigenvalue weighted by molar-refractivity contribution is 6.39. The van der Waals surface area contributed by atoms with Gasteiger partial charge in [0.15, 0.2) is 0 Å². The molecule has 1 aliphatic carbocycles. The van der Waals surface area contributed by atoms with E-state index in [9.17, 15) is 29.4 Å². The molecule has 2 aromatic carbocycles. The Morgan fingerprint density at radius 3 is 2.26 bits per heavy atom. The topological polar surface area (TPSA) is 158 Å². The Balaban J connectivity index is 1.32. The van der Waals surface area contributed by atoms with Gasteiger partial charge >= 0.3 is 5.97 Å². The van der Waals surface area contributed by atoms with Crippen LogP contribution >= 0.6 is 0 Å². The molecule has 6 rings (SSSR count). The van der Waals surface area contributed by atoms with E-state index in [4.69, 9.17) is 23.7 Å². The fourth-order valence-electron chi connectivity index (χ4n) is 11.2.